The average molecular weight is 360 g/mol. The number of carboxylic acid groups (broad SMARTS) is 1. The number of likely N-dealkylation sites (N-methyl/N-ethyl adjacent to an activating group) is 1. The zero-order valence-corrected chi connectivity index (χ0v) is 15.5. The molecule has 2 aliphatic rings. The molecule has 26 heavy (non-hydrogen) atoms. The molecule has 3 rings (SSSR count). The van der Waals surface area contributed by atoms with Crippen LogP contribution in [-0.2, 0) is 9.59 Å². The van der Waals surface area contributed by atoms with Gasteiger partial charge in [0.15, 0.2) is 0 Å². The minimum Gasteiger partial charge on any atom is -0.481 e. The van der Waals surface area contributed by atoms with Gasteiger partial charge in [0.05, 0.1) is 12.5 Å². The summed E-state index contributed by atoms with van der Waals surface area (Å²) in [5.74, 6) is -1.55. The smallest absolute Gasteiger partial charge is 0.308 e. The largest absolute Gasteiger partial charge is 0.481 e. The monoisotopic (exact) mass is 360 g/mol. The van der Waals surface area contributed by atoms with Gasteiger partial charge in [0, 0.05) is 37.4 Å². The van der Waals surface area contributed by atoms with E-state index in [9.17, 15) is 14.7 Å². The lowest BCUT2D eigenvalue weighted by molar-refractivity contribution is -0.142. The van der Waals surface area contributed by atoms with Crippen molar-refractivity contribution < 1.29 is 14.7 Å². The van der Waals surface area contributed by atoms with E-state index in [0.717, 1.165) is 31.5 Å². The van der Waals surface area contributed by atoms with E-state index in [2.05, 4.69) is 21.8 Å². The van der Waals surface area contributed by atoms with Crippen molar-refractivity contribution in [2.75, 3.05) is 46.8 Å². The lowest BCUT2D eigenvalue weighted by atomic mass is 9.90. The first-order valence-electron chi connectivity index (χ1n) is 9.25. The molecule has 2 aliphatic heterocycles. The molecule has 3 heterocycles. The second kappa shape index (κ2) is 8.14. The Morgan fingerprint density at radius 2 is 1.88 bits per heavy atom. The molecule has 0 saturated carbocycles. The number of piperidine rings is 1. The van der Waals surface area contributed by atoms with Crippen LogP contribution < -0.4 is 0 Å². The molecular weight excluding hydrogens is 332 g/mol. The molecule has 0 radical (unpaired) electrons. The topological polar surface area (TPSA) is 77.0 Å². The van der Waals surface area contributed by atoms with Crippen molar-refractivity contribution in [3.8, 4) is 0 Å². The van der Waals surface area contributed by atoms with Crippen molar-refractivity contribution in [2.24, 2.45) is 5.92 Å². The van der Waals surface area contributed by atoms with E-state index >= 15 is 0 Å². The number of pyridine rings is 1. The maximum atomic E-state index is 12.8. The molecule has 0 unspecified atom stereocenters. The van der Waals surface area contributed by atoms with Crippen LogP contribution in [0.4, 0.5) is 0 Å². The first kappa shape index (κ1) is 18.8. The van der Waals surface area contributed by atoms with Crippen LogP contribution in [0.15, 0.2) is 24.5 Å². The van der Waals surface area contributed by atoms with E-state index in [1.54, 1.807) is 17.3 Å². The fraction of sp³-hybridized carbons (Fsp3) is 0.632. The first-order chi connectivity index (χ1) is 12.5. The van der Waals surface area contributed by atoms with Gasteiger partial charge in [0.2, 0.25) is 5.91 Å². The summed E-state index contributed by atoms with van der Waals surface area (Å²) in [5.41, 5.74) is 0.936. The summed E-state index contributed by atoms with van der Waals surface area (Å²) in [6.45, 7) is 3.20. The number of rotatable bonds is 5. The Hall–Kier alpha value is -1.99. The number of carbonyl (C=O) groups is 2. The molecule has 1 aromatic rings. The number of hydrogen-bond donors (Lipinski definition) is 1. The maximum absolute atomic E-state index is 12.8. The number of nitrogens with zero attached hydrogens (tertiary/aromatic N) is 4. The van der Waals surface area contributed by atoms with Gasteiger partial charge in [-0.15, -0.1) is 0 Å². The fourth-order valence-electron chi connectivity index (χ4n) is 4.08. The van der Waals surface area contributed by atoms with Crippen molar-refractivity contribution >= 4 is 11.9 Å². The number of carbonyl (C=O) groups excluding carboxylic acids is 1. The fourth-order valence-corrected chi connectivity index (χ4v) is 4.08. The Morgan fingerprint density at radius 3 is 2.50 bits per heavy atom. The van der Waals surface area contributed by atoms with Crippen molar-refractivity contribution in [1.29, 1.82) is 0 Å². The third-order valence-corrected chi connectivity index (χ3v) is 5.82. The van der Waals surface area contributed by atoms with E-state index < -0.39 is 11.9 Å². The van der Waals surface area contributed by atoms with Crippen LogP contribution >= 0.6 is 0 Å². The summed E-state index contributed by atoms with van der Waals surface area (Å²) in [7, 11) is 4.12. The highest BCUT2D eigenvalue weighted by Gasteiger charge is 2.40. The number of aliphatic carboxylic acids is 1. The Morgan fingerprint density at radius 1 is 1.23 bits per heavy atom. The Kier molecular flexibility index (Phi) is 5.88. The van der Waals surface area contributed by atoms with Crippen LogP contribution in [0.5, 0.6) is 0 Å². The highest BCUT2D eigenvalue weighted by molar-refractivity contribution is 5.81. The van der Waals surface area contributed by atoms with Gasteiger partial charge in [-0.2, -0.15) is 0 Å². The van der Waals surface area contributed by atoms with Crippen LogP contribution in [-0.4, -0.2) is 89.5 Å². The van der Waals surface area contributed by atoms with Crippen molar-refractivity contribution in [3.63, 3.8) is 0 Å². The van der Waals surface area contributed by atoms with Gasteiger partial charge in [0.25, 0.3) is 0 Å². The normalized spacial score (nSPS) is 25.0. The van der Waals surface area contributed by atoms with E-state index in [1.165, 1.54) is 0 Å². The number of likely N-dealkylation sites (tertiary alicyclic amines) is 2. The molecule has 1 aromatic heterocycles. The van der Waals surface area contributed by atoms with Crippen LogP contribution in [0.25, 0.3) is 0 Å². The standard InChI is InChI=1S/C19H28N4O3/c1-21-9-5-15(6-10-21)22(2)13-18(24)23-11-16(17(12-23)19(25)26)14-3-7-20-8-4-14/h3-4,7-8,15-17H,5-6,9-13H2,1-2H3,(H,25,26)/t16-,17+/m1/s1. The maximum Gasteiger partial charge on any atom is 0.308 e. The van der Waals surface area contributed by atoms with Crippen molar-refractivity contribution in [3.05, 3.63) is 30.1 Å². The highest BCUT2D eigenvalue weighted by atomic mass is 16.4. The van der Waals surface area contributed by atoms with Gasteiger partial charge >= 0.3 is 5.97 Å². The van der Waals surface area contributed by atoms with Crippen LogP contribution in [0.2, 0.25) is 0 Å². The summed E-state index contributed by atoms with van der Waals surface area (Å²) in [6, 6.07) is 4.11. The molecule has 0 aromatic carbocycles. The van der Waals surface area contributed by atoms with E-state index in [-0.39, 0.29) is 18.4 Å². The van der Waals surface area contributed by atoms with Crippen molar-refractivity contribution in [1.82, 2.24) is 19.7 Å². The summed E-state index contributed by atoms with van der Waals surface area (Å²) in [5, 5.41) is 9.59. The minimum atomic E-state index is -0.842. The number of carboxylic acids is 1. The first-order valence-corrected chi connectivity index (χ1v) is 9.25. The molecule has 2 atom stereocenters. The number of hydrogen-bond acceptors (Lipinski definition) is 5. The van der Waals surface area contributed by atoms with Gasteiger partial charge in [-0.1, -0.05) is 0 Å². The lowest BCUT2D eigenvalue weighted by Gasteiger charge is -2.35. The predicted octanol–water partition coefficient (Wildman–Crippen LogP) is 0.734. The molecule has 2 fully saturated rings. The van der Waals surface area contributed by atoms with Gasteiger partial charge in [-0.25, -0.2) is 0 Å². The third kappa shape index (κ3) is 4.22. The minimum absolute atomic E-state index is 0.0224. The average Bonchev–Trinajstić information content (AvgIpc) is 3.09. The Bertz CT molecular complexity index is 631. The molecular formula is C19H28N4O3. The SMILES string of the molecule is CN1CCC(N(C)CC(=O)N2C[C@H](C(=O)O)[C@@H](c3ccncc3)C2)CC1. The summed E-state index contributed by atoms with van der Waals surface area (Å²) in [4.78, 5) is 34.6. The van der Waals surface area contributed by atoms with E-state index in [1.807, 2.05) is 19.2 Å². The molecule has 142 valence electrons. The van der Waals surface area contributed by atoms with Crippen molar-refractivity contribution in [2.45, 2.75) is 24.8 Å². The van der Waals surface area contributed by atoms with Gasteiger partial charge < -0.3 is 14.9 Å². The molecule has 2 saturated heterocycles. The summed E-state index contributed by atoms with van der Waals surface area (Å²) in [6.07, 6.45) is 5.48. The molecule has 0 spiro atoms. The van der Waals surface area contributed by atoms with Gasteiger partial charge in [0.1, 0.15) is 0 Å². The van der Waals surface area contributed by atoms with Crippen LogP contribution in [0, 0.1) is 5.92 Å². The van der Waals surface area contributed by atoms with E-state index in [0.29, 0.717) is 19.1 Å². The Balaban J connectivity index is 1.62. The second-order valence-electron chi connectivity index (χ2n) is 7.58. The lowest BCUT2D eigenvalue weighted by Crippen LogP contribution is -2.46. The third-order valence-electron chi connectivity index (χ3n) is 5.82. The highest BCUT2D eigenvalue weighted by Crippen LogP contribution is 2.32. The molecule has 0 bridgehead atoms. The van der Waals surface area contributed by atoms with E-state index in [4.69, 9.17) is 0 Å². The molecule has 0 aliphatic carbocycles. The Labute approximate surface area is 154 Å². The van der Waals surface area contributed by atoms with Crippen LogP contribution in [0.1, 0.15) is 24.3 Å². The second-order valence-corrected chi connectivity index (χ2v) is 7.58. The van der Waals surface area contributed by atoms with Gasteiger partial charge in [-0.3, -0.25) is 19.5 Å². The number of amides is 1. The summed E-state index contributed by atoms with van der Waals surface area (Å²) < 4.78 is 0. The van der Waals surface area contributed by atoms with Crippen LogP contribution in [0.3, 0.4) is 0 Å². The molecule has 1 N–H and O–H groups in total. The zero-order chi connectivity index (χ0) is 18.7. The predicted molar refractivity (Wildman–Crippen MR) is 97.8 cm³/mol. The quantitative estimate of drug-likeness (QED) is 0.834. The molecule has 7 heteroatoms. The summed E-state index contributed by atoms with van der Waals surface area (Å²) >= 11 is 0. The van der Waals surface area contributed by atoms with Gasteiger partial charge in [-0.05, 0) is 57.7 Å². The number of aromatic nitrogens is 1. The molecule has 1 amide bonds. The zero-order valence-electron chi connectivity index (χ0n) is 15.5. The molecule has 7 nitrogen and oxygen atoms in total.